The minimum atomic E-state index is -5.08. The summed E-state index contributed by atoms with van der Waals surface area (Å²) in [7, 11) is 0. The molecule has 1 saturated heterocycles. The van der Waals surface area contributed by atoms with Crippen LogP contribution in [0.15, 0.2) is 10.6 Å². The number of hydrogen-bond donors (Lipinski definition) is 2. The van der Waals surface area contributed by atoms with Gasteiger partial charge in [0, 0.05) is 12.0 Å². The van der Waals surface area contributed by atoms with Crippen molar-refractivity contribution in [3.05, 3.63) is 17.5 Å². The highest BCUT2D eigenvalue weighted by atomic mass is 19.4. The molecule has 3 rings (SSSR count). The number of fused-ring (bicyclic) bond motifs is 1. The molecule has 0 spiro atoms. The lowest BCUT2D eigenvalue weighted by atomic mass is 10.2. The van der Waals surface area contributed by atoms with Crippen molar-refractivity contribution in [3.8, 4) is 0 Å². The molecule has 0 bridgehead atoms. The molecule has 1 aromatic heterocycles. The monoisotopic (exact) mass is 278 g/mol. The van der Waals surface area contributed by atoms with Crippen LogP contribution in [0.1, 0.15) is 17.4 Å². The van der Waals surface area contributed by atoms with Crippen molar-refractivity contribution in [2.45, 2.75) is 19.0 Å². The number of nitrogens with zero attached hydrogens (tertiary/aromatic N) is 1. The van der Waals surface area contributed by atoms with E-state index in [0.29, 0.717) is 5.92 Å². The third kappa shape index (κ3) is 3.06. The number of aliphatic carboxylic acids is 1. The number of carbonyl (C=O) groups is 1. The van der Waals surface area contributed by atoms with Gasteiger partial charge in [-0.1, -0.05) is 5.16 Å². The second kappa shape index (κ2) is 4.84. The first-order chi connectivity index (χ1) is 8.80. The Labute approximate surface area is 106 Å². The molecule has 0 radical (unpaired) electrons. The van der Waals surface area contributed by atoms with Crippen LogP contribution in [0.5, 0.6) is 0 Å². The Morgan fingerprint density at radius 2 is 2.00 bits per heavy atom. The van der Waals surface area contributed by atoms with Crippen molar-refractivity contribution in [2.75, 3.05) is 13.1 Å². The van der Waals surface area contributed by atoms with E-state index in [4.69, 9.17) is 14.4 Å². The molecule has 5 nitrogen and oxygen atoms in total. The van der Waals surface area contributed by atoms with E-state index in [1.54, 1.807) is 0 Å². The van der Waals surface area contributed by atoms with Gasteiger partial charge in [-0.3, -0.25) is 0 Å². The Kier molecular flexibility index (Phi) is 3.53. The van der Waals surface area contributed by atoms with Gasteiger partial charge in [0.25, 0.3) is 0 Å². The van der Waals surface area contributed by atoms with Gasteiger partial charge in [0.05, 0.1) is 5.69 Å². The first-order valence-electron chi connectivity index (χ1n) is 5.74. The van der Waals surface area contributed by atoms with Crippen LogP contribution in [0.3, 0.4) is 0 Å². The van der Waals surface area contributed by atoms with Crippen LogP contribution < -0.4 is 5.32 Å². The molecule has 1 saturated carbocycles. The number of piperidine rings is 1. The summed E-state index contributed by atoms with van der Waals surface area (Å²) < 4.78 is 36.8. The predicted octanol–water partition coefficient (Wildman–Crippen LogP) is 1.55. The third-order valence-electron chi connectivity index (χ3n) is 3.32. The van der Waals surface area contributed by atoms with Gasteiger partial charge in [-0.05, 0) is 31.8 Å². The normalized spacial score (nSPS) is 28.3. The zero-order valence-corrected chi connectivity index (χ0v) is 10.1. The molecule has 1 unspecified atom stereocenters. The summed E-state index contributed by atoms with van der Waals surface area (Å²) in [6.07, 6.45) is -5.08. The SMILES string of the molecule is Cc1cc(C2[C@H]3CNC[C@@H]23)no1.O=C(O)C(F)(F)F. The standard InChI is InChI=1S/C9H12N2O.C2HF3O2/c1-5-2-8(11-12-5)9-6-3-10-4-7(6)9;3-2(4,5)1(6)7/h2,6-7,9-10H,3-4H2,1H3;(H,6,7)/t6-,7+,9?;. The number of aryl methyl sites for hydroxylation is 1. The smallest absolute Gasteiger partial charge is 0.475 e. The van der Waals surface area contributed by atoms with Gasteiger partial charge < -0.3 is 14.9 Å². The van der Waals surface area contributed by atoms with Crippen LogP contribution in [-0.2, 0) is 4.79 Å². The number of nitrogens with one attached hydrogen (secondary N) is 1. The number of aromatic nitrogens is 1. The minimum Gasteiger partial charge on any atom is -0.475 e. The van der Waals surface area contributed by atoms with Crippen LogP contribution in [0.4, 0.5) is 13.2 Å². The maximum Gasteiger partial charge on any atom is 0.490 e. The molecule has 19 heavy (non-hydrogen) atoms. The maximum absolute atomic E-state index is 10.6. The largest absolute Gasteiger partial charge is 0.490 e. The van der Waals surface area contributed by atoms with Crippen LogP contribution in [0, 0.1) is 18.8 Å². The molecule has 8 heteroatoms. The Balaban J connectivity index is 0.000000167. The lowest BCUT2D eigenvalue weighted by Crippen LogP contribution is -2.21. The van der Waals surface area contributed by atoms with Gasteiger partial charge in [0.2, 0.25) is 0 Å². The Bertz CT molecular complexity index is 462. The third-order valence-corrected chi connectivity index (χ3v) is 3.32. The van der Waals surface area contributed by atoms with Gasteiger partial charge in [-0.15, -0.1) is 0 Å². The second-order valence-electron chi connectivity index (χ2n) is 4.68. The Hall–Kier alpha value is -1.57. The van der Waals surface area contributed by atoms with Gasteiger partial charge >= 0.3 is 12.1 Å². The first-order valence-corrected chi connectivity index (χ1v) is 5.74. The van der Waals surface area contributed by atoms with Crippen molar-refractivity contribution in [2.24, 2.45) is 11.8 Å². The summed E-state index contributed by atoms with van der Waals surface area (Å²) in [6, 6.07) is 2.07. The fourth-order valence-electron chi connectivity index (χ4n) is 2.40. The van der Waals surface area contributed by atoms with E-state index in [-0.39, 0.29) is 0 Å². The average Bonchev–Trinajstić information content (AvgIpc) is 2.68. The van der Waals surface area contributed by atoms with E-state index in [9.17, 15) is 13.2 Å². The molecule has 0 aromatic carbocycles. The van der Waals surface area contributed by atoms with E-state index >= 15 is 0 Å². The molecule has 1 aliphatic heterocycles. The van der Waals surface area contributed by atoms with Gasteiger partial charge in [-0.2, -0.15) is 13.2 Å². The summed E-state index contributed by atoms with van der Waals surface area (Å²) in [5, 5.41) is 14.6. The average molecular weight is 278 g/mol. The molecule has 2 N–H and O–H groups in total. The number of carboxylic acid groups (broad SMARTS) is 1. The molecule has 3 atom stereocenters. The summed E-state index contributed by atoms with van der Waals surface area (Å²) in [4.78, 5) is 8.90. The highest BCUT2D eigenvalue weighted by Gasteiger charge is 2.54. The van der Waals surface area contributed by atoms with Crippen molar-refractivity contribution in [3.63, 3.8) is 0 Å². The summed E-state index contributed by atoms with van der Waals surface area (Å²) in [6.45, 7) is 4.29. The quantitative estimate of drug-likeness (QED) is 0.815. The van der Waals surface area contributed by atoms with E-state index in [0.717, 1.165) is 17.6 Å². The van der Waals surface area contributed by atoms with Gasteiger partial charge in [0.15, 0.2) is 0 Å². The Morgan fingerprint density at radius 1 is 1.47 bits per heavy atom. The lowest BCUT2D eigenvalue weighted by Gasteiger charge is -1.98. The van der Waals surface area contributed by atoms with E-state index in [1.165, 1.54) is 18.8 Å². The lowest BCUT2D eigenvalue weighted by molar-refractivity contribution is -0.192. The molecule has 0 amide bonds. The molecule has 106 valence electrons. The van der Waals surface area contributed by atoms with Gasteiger partial charge in [-0.25, -0.2) is 4.79 Å². The zero-order chi connectivity index (χ0) is 14.2. The molecule has 2 aliphatic rings. The van der Waals surface area contributed by atoms with Crippen molar-refractivity contribution >= 4 is 5.97 Å². The molecule has 1 aromatic rings. The molecule has 2 fully saturated rings. The van der Waals surface area contributed by atoms with Crippen molar-refractivity contribution in [1.82, 2.24) is 10.5 Å². The molecular formula is C11H13F3N2O3. The topological polar surface area (TPSA) is 75.4 Å². The molecule has 2 heterocycles. The van der Waals surface area contributed by atoms with E-state index < -0.39 is 12.1 Å². The Morgan fingerprint density at radius 3 is 2.37 bits per heavy atom. The number of rotatable bonds is 1. The fraction of sp³-hybridized carbons (Fsp3) is 0.636. The number of alkyl halides is 3. The maximum atomic E-state index is 10.6. The first kappa shape index (κ1) is 13.9. The van der Waals surface area contributed by atoms with Crippen molar-refractivity contribution < 1.29 is 27.6 Å². The van der Waals surface area contributed by atoms with Crippen LogP contribution in [-0.4, -0.2) is 35.5 Å². The highest BCUT2D eigenvalue weighted by Crippen LogP contribution is 2.55. The molecule has 1 aliphatic carbocycles. The van der Waals surface area contributed by atoms with E-state index in [2.05, 4.69) is 16.5 Å². The van der Waals surface area contributed by atoms with Crippen LogP contribution in [0.25, 0.3) is 0 Å². The zero-order valence-electron chi connectivity index (χ0n) is 10.1. The van der Waals surface area contributed by atoms with Crippen LogP contribution >= 0.6 is 0 Å². The van der Waals surface area contributed by atoms with E-state index in [1.807, 2.05) is 6.92 Å². The van der Waals surface area contributed by atoms with Crippen LogP contribution in [0.2, 0.25) is 0 Å². The summed E-state index contributed by atoms with van der Waals surface area (Å²) in [5.74, 6) is 0.558. The fourth-order valence-corrected chi connectivity index (χ4v) is 2.40. The number of carboxylic acids is 1. The summed E-state index contributed by atoms with van der Waals surface area (Å²) in [5.41, 5.74) is 1.17. The molecular weight excluding hydrogens is 265 g/mol. The predicted molar refractivity (Wildman–Crippen MR) is 57.5 cm³/mol. The van der Waals surface area contributed by atoms with Crippen molar-refractivity contribution in [1.29, 1.82) is 0 Å². The number of halogens is 3. The highest BCUT2D eigenvalue weighted by molar-refractivity contribution is 5.73. The summed E-state index contributed by atoms with van der Waals surface area (Å²) >= 11 is 0. The minimum absolute atomic E-state index is 0.698. The second-order valence-corrected chi connectivity index (χ2v) is 4.68. The number of hydrogen-bond acceptors (Lipinski definition) is 4. The van der Waals surface area contributed by atoms with Gasteiger partial charge in [0.1, 0.15) is 5.76 Å².